The molecule has 0 spiro atoms. The summed E-state index contributed by atoms with van der Waals surface area (Å²) in [7, 11) is 5.34. The Balaban J connectivity index is 3.04. The minimum atomic E-state index is -0.949. The lowest BCUT2D eigenvalue weighted by Crippen LogP contribution is -2.59. The molecule has 1 heterocycles. The van der Waals surface area contributed by atoms with Crippen LogP contribution in [0.25, 0.3) is 0 Å². The molecule has 1 rings (SSSR count). The molecule has 0 saturated carbocycles. The average Bonchev–Trinajstić information content (AvgIpc) is 3.24. The van der Waals surface area contributed by atoms with Crippen molar-refractivity contribution in [2.45, 2.75) is 78.6 Å². The molecule has 2 N–H and O–H groups in total. The molecule has 0 saturated heterocycles. The lowest BCUT2D eigenvalue weighted by molar-refractivity contribution is -0.142. The largest absolute Gasteiger partial charge is 0.461 e. The van der Waals surface area contributed by atoms with Crippen molar-refractivity contribution in [3.63, 3.8) is 0 Å². The second-order valence-electron chi connectivity index (χ2n) is 9.95. The Morgan fingerprint density at radius 1 is 1.15 bits per heavy atom. The van der Waals surface area contributed by atoms with Gasteiger partial charge in [0.1, 0.15) is 17.2 Å². The van der Waals surface area contributed by atoms with Crippen molar-refractivity contribution in [1.29, 1.82) is 0 Å². The molecule has 0 aromatic carbocycles. The number of nitrogens with zero attached hydrogens (tertiary/aromatic N) is 3. The molecule has 0 aliphatic heterocycles. The van der Waals surface area contributed by atoms with Gasteiger partial charge in [-0.25, -0.2) is 9.78 Å². The number of aromatic nitrogens is 1. The molecule has 0 fully saturated rings. The molecule has 0 aliphatic carbocycles. The first-order chi connectivity index (χ1) is 15.6. The van der Waals surface area contributed by atoms with Crippen LogP contribution >= 0.6 is 11.3 Å². The fourth-order valence-electron chi connectivity index (χ4n) is 3.36. The van der Waals surface area contributed by atoms with E-state index in [1.165, 1.54) is 11.3 Å². The van der Waals surface area contributed by atoms with Crippen LogP contribution in [0.3, 0.4) is 0 Å². The van der Waals surface area contributed by atoms with E-state index in [9.17, 15) is 19.5 Å². The lowest BCUT2D eigenvalue weighted by Gasteiger charge is -2.38. The topological polar surface area (TPSA) is 112 Å². The van der Waals surface area contributed by atoms with Crippen molar-refractivity contribution < 1.29 is 24.2 Å². The van der Waals surface area contributed by atoms with Gasteiger partial charge in [-0.05, 0) is 46.7 Å². The molecular formula is C24H42N4O5S. The van der Waals surface area contributed by atoms with Crippen LogP contribution in [-0.4, -0.2) is 83.0 Å². The minimum Gasteiger partial charge on any atom is -0.461 e. The number of thiazole rings is 1. The van der Waals surface area contributed by atoms with Gasteiger partial charge in [-0.1, -0.05) is 27.7 Å². The summed E-state index contributed by atoms with van der Waals surface area (Å²) >= 11 is 1.18. The molecular weight excluding hydrogens is 456 g/mol. The molecule has 3 atom stereocenters. The molecule has 1 aromatic heterocycles. The Morgan fingerprint density at radius 3 is 2.21 bits per heavy atom. The van der Waals surface area contributed by atoms with Crippen LogP contribution in [0.1, 0.15) is 76.5 Å². The van der Waals surface area contributed by atoms with Crippen molar-refractivity contribution in [3.8, 4) is 0 Å². The van der Waals surface area contributed by atoms with E-state index in [0.29, 0.717) is 5.01 Å². The summed E-state index contributed by atoms with van der Waals surface area (Å²) in [6.45, 7) is 13.3. The predicted molar refractivity (Wildman–Crippen MR) is 134 cm³/mol. The minimum absolute atomic E-state index is 0.0369. The Bertz CT molecular complexity index is 837. The number of hydrogen-bond donors (Lipinski definition) is 2. The molecule has 10 heteroatoms. The Kier molecular flexibility index (Phi) is 11.1. The van der Waals surface area contributed by atoms with Crippen molar-refractivity contribution >= 4 is 29.1 Å². The molecule has 0 unspecified atom stereocenters. The van der Waals surface area contributed by atoms with E-state index in [-0.39, 0.29) is 48.4 Å². The summed E-state index contributed by atoms with van der Waals surface area (Å²) < 4.78 is 4.96. The van der Waals surface area contributed by atoms with Gasteiger partial charge in [-0.2, -0.15) is 0 Å². The van der Waals surface area contributed by atoms with Gasteiger partial charge in [-0.15, -0.1) is 11.3 Å². The summed E-state index contributed by atoms with van der Waals surface area (Å²) in [6.07, 6.45) is -0.701. The van der Waals surface area contributed by atoms with Gasteiger partial charge < -0.3 is 20.1 Å². The van der Waals surface area contributed by atoms with Crippen molar-refractivity contribution in [2.24, 2.45) is 11.8 Å². The van der Waals surface area contributed by atoms with Gasteiger partial charge >= 0.3 is 5.97 Å². The first kappa shape index (κ1) is 30.0. The first-order valence-corrected chi connectivity index (χ1v) is 12.6. The maximum absolute atomic E-state index is 13.5. The quantitative estimate of drug-likeness (QED) is 0.426. The lowest BCUT2D eigenvalue weighted by atomic mass is 9.94. The number of carbonyl (C=O) groups is 3. The molecule has 0 radical (unpaired) electrons. The highest BCUT2D eigenvalue weighted by Gasteiger charge is 2.37. The molecule has 194 valence electrons. The highest BCUT2D eigenvalue weighted by molar-refractivity contribution is 7.09. The van der Waals surface area contributed by atoms with E-state index in [0.717, 1.165) is 0 Å². The van der Waals surface area contributed by atoms with E-state index in [4.69, 9.17) is 4.74 Å². The number of esters is 1. The molecule has 0 aliphatic rings. The third-order valence-corrected chi connectivity index (χ3v) is 7.21. The summed E-state index contributed by atoms with van der Waals surface area (Å²) in [5.41, 5.74) is -0.612. The van der Waals surface area contributed by atoms with E-state index in [2.05, 4.69) is 10.3 Å². The highest BCUT2D eigenvalue weighted by atomic mass is 32.1. The number of hydrogen-bond acceptors (Lipinski definition) is 8. The molecule has 9 nitrogen and oxygen atoms in total. The number of rotatable bonds is 12. The molecule has 34 heavy (non-hydrogen) atoms. The SMILES string of the molecule is CCOC(=O)c1csc([C@H](O)C[C@H](C(C)C)N(C)C(=O)[C@@H](NC(=O)C(C)(C)N(C)C)C(C)C)n1. The number of carbonyl (C=O) groups excluding carboxylic acids is 3. The second-order valence-corrected chi connectivity index (χ2v) is 10.8. The van der Waals surface area contributed by atoms with Gasteiger partial charge in [-0.3, -0.25) is 14.5 Å². The van der Waals surface area contributed by atoms with Gasteiger partial charge in [0.15, 0.2) is 5.69 Å². The van der Waals surface area contributed by atoms with Crippen molar-refractivity contribution in [3.05, 3.63) is 16.1 Å². The Labute approximate surface area is 207 Å². The maximum atomic E-state index is 13.5. The van der Waals surface area contributed by atoms with Gasteiger partial charge in [0, 0.05) is 24.9 Å². The monoisotopic (exact) mass is 498 g/mol. The smallest absolute Gasteiger partial charge is 0.357 e. The fraction of sp³-hybridized carbons (Fsp3) is 0.750. The third kappa shape index (κ3) is 7.48. The molecule has 2 amide bonds. The number of likely N-dealkylation sites (N-methyl/N-ethyl adjacent to an activating group) is 2. The second kappa shape index (κ2) is 12.6. The van der Waals surface area contributed by atoms with Gasteiger partial charge in [0.05, 0.1) is 12.1 Å². The van der Waals surface area contributed by atoms with Crippen LogP contribution in [0, 0.1) is 11.8 Å². The normalized spacial score (nSPS) is 14.8. The van der Waals surface area contributed by atoms with Crippen molar-refractivity contribution in [2.75, 3.05) is 27.7 Å². The summed E-state index contributed by atoms with van der Waals surface area (Å²) in [6, 6.07) is -1.01. The Hall–Kier alpha value is -2.04. The number of nitrogens with one attached hydrogen (secondary N) is 1. The van der Waals surface area contributed by atoms with Crippen LogP contribution in [0.15, 0.2) is 5.38 Å². The van der Waals surface area contributed by atoms with Gasteiger partial charge in [0.25, 0.3) is 0 Å². The predicted octanol–water partition coefficient (Wildman–Crippen LogP) is 2.71. The third-order valence-electron chi connectivity index (χ3n) is 6.26. The zero-order chi connectivity index (χ0) is 26.4. The van der Waals surface area contributed by atoms with Crippen LogP contribution in [-0.2, 0) is 14.3 Å². The number of ether oxygens (including phenoxy) is 1. The van der Waals surface area contributed by atoms with Crippen LogP contribution in [0.4, 0.5) is 0 Å². The first-order valence-electron chi connectivity index (χ1n) is 11.7. The standard InChI is InChI=1S/C24H42N4O5S/c1-11-33-22(31)16-13-34-20(25-16)18(29)12-17(14(2)3)28(10)21(30)19(15(4)5)26-23(32)24(6,7)27(8)9/h13-15,17-19,29H,11-12H2,1-10H3,(H,26,32)/t17-,18-,19+/m1/s1. The highest BCUT2D eigenvalue weighted by Crippen LogP contribution is 2.28. The maximum Gasteiger partial charge on any atom is 0.357 e. The van der Waals surface area contributed by atoms with Crippen LogP contribution < -0.4 is 5.32 Å². The zero-order valence-electron chi connectivity index (χ0n) is 22.2. The van der Waals surface area contributed by atoms with Gasteiger partial charge in [0.2, 0.25) is 11.8 Å². The number of aliphatic hydroxyl groups excluding tert-OH is 1. The number of amides is 2. The van der Waals surface area contributed by atoms with E-state index >= 15 is 0 Å². The fourth-order valence-corrected chi connectivity index (χ4v) is 4.15. The Morgan fingerprint density at radius 2 is 1.74 bits per heavy atom. The van der Waals surface area contributed by atoms with E-state index in [1.54, 1.807) is 43.0 Å². The van der Waals surface area contributed by atoms with E-state index in [1.807, 2.05) is 41.8 Å². The summed E-state index contributed by atoms with van der Waals surface area (Å²) in [5, 5.41) is 15.7. The summed E-state index contributed by atoms with van der Waals surface area (Å²) in [4.78, 5) is 45.9. The molecule has 0 bridgehead atoms. The number of aliphatic hydroxyl groups is 1. The average molecular weight is 499 g/mol. The summed E-state index contributed by atoms with van der Waals surface area (Å²) in [5.74, 6) is -1.06. The van der Waals surface area contributed by atoms with Crippen LogP contribution in [0.5, 0.6) is 0 Å². The van der Waals surface area contributed by atoms with Crippen molar-refractivity contribution in [1.82, 2.24) is 20.1 Å². The molecule has 1 aromatic rings. The zero-order valence-corrected chi connectivity index (χ0v) is 23.0. The van der Waals surface area contributed by atoms with E-state index < -0.39 is 23.7 Å². The van der Waals surface area contributed by atoms with Crippen LogP contribution in [0.2, 0.25) is 0 Å².